The number of hydrogen-bond acceptors (Lipinski definition) is 3. The zero-order chi connectivity index (χ0) is 11.9. The minimum atomic E-state index is 0.576. The Morgan fingerprint density at radius 1 is 1.18 bits per heavy atom. The van der Waals surface area contributed by atoms with E-state index < -0.39 is 0 Å². The molecule has 4 aliphatic rings. The molecule has 1 unspecified atom stereocenters. The summed E-state index contributed by atoms with van der Waals surface area (Å²) in [7, 11) is 4.39. The molecule has 3 nitrogen and oxygen atoms in total. The van der Waals surface area contributed by atoms with Crippen LogP contribution in [0.25, 0.3) is 0 Å². The molecule has 3 heteroatoms. The van der Waals surface area contributed by atoms with Crippen molar-refractivity contribution in [1.29, 1.82) is 0 Å². The van der Waals surface area contributed by atoms with Crippen molar-refractivity contribution in [2.45, 2.75) is 31.2 Å². The van der Waals surface area contributed by atoms with Gasteiger partial charge in [-0.05, 0) is 65.3 Å². The molecule has 2 bridgehead atoms. The summed E-state index contributed by atoms with van der Waals surface area (Å²) < 4.78 is 0. The Bertz CT molecular complexity index is 271. The number of likely N-dealkylation sites (tertiary alicyclic amines) is 1. The van der Waals surface area contributed by atoms with Crippen molar-refractivity contribution < 1.29 is 0 Å². The monoisotopic (exact) mass is 237 g/mol. The van der Waals surface area contributed by atoms with Gasteiger partial charge in [0, 0.05) is 25.2 Å². The van der Waals surface area contributed by atoms with Crippen LogP contribution in [0.2, 0.25) is 0 Å². The minimum absolute atomic E-state index is 0.576. The number of rotatable bonds is 3. The standard InChI is InChI=1S/C14H27N3/c1-15(2)10-11-17-7-3-6-14(17)12-16-8-4-13(14)5-9-16/h13H,3-12H2,1-2H3. The van der Waals surface area contributed by atoms with E-state index in [2.05, 4.69) is 28.8 Å². The molecule has 17 heavy (non-hydrogen) atoms. The van der Waals surface area contributed by atoms with E-state index in [9.17, 15) is 0 Å². The van der Waals surface area contributed by atoms with Crippen molar-refractivity contribution in [3.8, 4) is 0 Å². The largest absolute Gasteiger partial charge is 0.308 e. The summed E-state index contributed by atoms with van der Waals surface area (Å²) >= 11 is 0. The van der Waals surface area contributed by atoms with Gasteiger partial charge in [0.25, 0.3) is 0 Å². The molecular weight excluding hydrogens is 210 g/mol. The van der Waals surface area contributed by atoms with Crippen LogP contribution in [0, 0.1) is 5.92 Å². The lowest BCUT2D eigenvalue weighted by Crippen LogP contribution is -2.65. The summed E-state index contributed by atoms with van der Waals surface area (Å²) in [6.45, 7) is 7.94. The molecule has 0 aromatic rings. The van der Waals surface area contributed by atoms with Crippen LogP contribution in [0.5, 0.6) is 0 Å². The SMILES string of the molecule is CN(C)CCN1CCCC12CN1CCC2CC1. The van der Waals surface area contributed by atoms with Crippen LogP contribution in [0.15, 0.2) is 0 Å². The Hall–Kier alpha value is -0.120. The van der Waals surface area contributed by atoms with Crippen LogP contribution in [-0.4, -0.2) is 73.6 Å². The lowest BCUT2D eigenvalue weighted by atomic mass is 9.71. The van der Waals surface area contributed by atoms with Crippen molar-refractivity contribution in [2.24, 2.45) is 5.92 Å². The first-order valence-corrected chi connectivity index (χ1v) is 7.33. The molecule has 0 amide bonds. The zero-order valence-electron chi connectivity index (χ0n) is 11.5. The molecule has 0 aromatic heterocycles. The summed E-state index contributed by atoms with van der Waals surface area (Å²) in [5.74, 6) is 0.997. The van der Waals surface area contributed by atoms with Crippen LogP contribution < -0.4 is 0 Å². The van der Waals surface area contributed by atoms with Gasteiger partial charge in [0.05, 0.1) is 0 Å². The lowest BCUT2D eigenvalue weighted by molar-refractivity contribution is -0.0520. The van der Waals surface area contributed by atoms with E-state index in [1.807, 2.05) is 0 Å². The summed E-state index contributed by atoms with van der Waals surface area (Å²) in [6, 6.07) is 0. The van der Waals surface area contributed by atoms with Crippen LogP contribution >= 0.6 is 0 Å². The predicted octanol–water partition coefficient (Wildman–Crippen LogP) is 1.11. The Morgan fingerprint density at radius 3 is 2.53 bits per heavy atom. The van der Waals surface area contributed by atoms with Gasteiger partial charge in [-0.1, -0.05) is 0 Å². The van der Waals surface area contributed by atoms with Gasteiger partial charge in [0.15, 0.2) is 0 Å². The van der Waals surface area contributed by atoms with Crippen LogP contribution in [-0.2, 0) is 0 Å². The van der Waals surface area contributed by atoms with Gasteiger partial charge in [0.2, 0.25) is 0 Å². The maximum atomic E-state index is 2.84. The van der Waals surface area contributed by atoms with Gasteiger partial charge in [-0.3, -0.25) is 4.90 Å². The van der Waals surface area contributed by atoms with Crippen LogP contribution in [0.4, 0.5) is 0 Å². The molecule has 0 radical (unpaired) electrons. The van der Waals surface area contributed by atoms with Crippen molar-refractivity contribution >= 4 is 0 Å². The smallest absolute Gasteiger partial charge is 0.0366 e. The van der Waals surface area contributed by atoms with E-state index in [0.29, 0.717) is 5.54 Å². The highest BCUT2D eigenvalue weighted by Gasteiger charge is 2.51. The maximum Gasteiger partial charge on any atom is 0.0366 e. The molecule has 4 saturated heterocycles. The fourth-order valence-corrected chi connectivity index (χ4v) is 4.40. The average molecular weight is 237 g/mol. The molecule has 1 spiro atoms. The van der Waals surface area contributed by atoms with E-state index in [0.717, 1.165) is 5.92 Å². The Morgan fingerprint density at radius 2 is 1.94 bits per heavy atom. The Kier molecular flexibility index (Phi) is 3.18. The zero-order valence-corrected chi connectivity index (χ0v) is 11.5. The van der Waals surface area contributed by atoms with Gasteiger partial charge < -0.3 is 9.80 Å². The molecule has 4 fully saturated rings. The normalized spacial score (nSPS) is 41.8. The summed E-state index contributed by atoms with van der Waals surface area (Å²) in [4.78, 5) is 7.88. The Balaban J connectivity index is 1.71. The van der Waals surface area contributed by atoms with Gasteiger partial charge in [-0.25, -0.2) is 0 Å². The van der Waals surface area contributed by atoms with Crippen molar-refractivity contribution in [1.82, 2.24) is 14.7 Å². The third-order valence-electron chi connectivity index (χ3n) is 5.33. The van der Waals surface area contributed by atoms with E-state index in [-0.39, 0.29) is 0 Å². The topological polar surface area (TPSA) is 9.72 Å². The molecular formula is C14H27N3. The molecule has 0 N–H and O–H groups in total. The molecule has 0 saturated carbocycles. The second kappa shape index (κ2) is 4.52. The highest BCUT2D eigenvalue weighted by Crippen LogP contribution is 2.45. The summed E-state index contributed by atoms with van der Waals surface area (Å²) in [5, 5.41) is 0. The van der Waals surface area contributed by atoms with E-state index in [4.69, 9.17) is 0 Å². The van der Waals surface area contributed by atoms with E-state index >= 15 is 0 Å². The van der Waals surface area contributed by atoms with Gasteiger partial charge >= 0.3 is 0 Å². The molecule has 0 aromatic carbocycles. The fourth-order valence-electron chi connectivity index (χ4n) is 4.40. The lowest BCUT2D eigenvalue weighted by Gasteiger charge is -2.55. The number of piperidine rings is 3. The third kappa shape index (κ3) is 2.02. The molecule has 4 rings (SSSR count). The van der Waals surface area contributed by atoms with Gasteiger partial charge in [-0.15, -0.1) is 0 Å². The van der Waals surface area contributed by atoms with Crippen LogP contribution in [0.3, 0.4) is 0 Å². The predicted molar refractivity (Wildman–Crippen MR) is 71.3 cm³/mol. The molecule has 4 heterocycles. The first-order valence-electron chi connectivity index (χ1n) is 7.33. The fraction of sp³-hybridized carbons (Fsp3) is 1.00. The number of fused-ring (bicyclic) bond motifs is 2. The number of hydrogen-bond donors (Lipinski definition) is 0. The summed E-state index contributed by atoms with van der Waals surface area (Å²) in [6.07, 6.45) is 5.80. The number of likely N-dealkylation sites (N-methyl/N-ethyl adjacent to an activating group) is 1. The van der Waals surface area contributed by atoms with Crippen molar-refractivity contribution in [2.75, 3.05) is 53.4 Å². The summed E-state index contributed by atoms with van der Waals surface area (Å²) in [5.41, 5.74) is 0.576. The van der Waals surface area contributed by atoms with E-state index in [1.165, 1.54) is 65.0 Å². The molecule has 0 aliphatic carbocycles. The first kappa shape index (κ1) is 11.9. The van der Waals surface area contributed by atoms with Crippen LogP contribution in [0.1, 0.15) is 25.7 Å². The van der Waals surface area contributed by atoms with Crippen molar-refractivity contribution in [3.63, 3.8) is 0 Å². The first-order chi connectivity index (χ1) is 8.21. The highest BCUT2D eigenvalue weighted by molar-refractivity contribution is 5.08. The number of nitrogens with zero attached hydrogens (tertiary/aromatic N) is 3. The molecule has 98 valence electrons. The van der Waals surface area contributed by atoms with Gasteiger partial charge in [0.1, 0.15) is 0 Å². The third-order valence-corrected chi connectivity index (χ3v) is 5.33. The maximum absolute atomic E-state index is 2.84. The minimum Gasteiger partial charge on any atom is -0.308 e. The van der Waals surface area contributed by atoms with E-state index in [1.54, 1.807) is 0 Å². The van der Waals surface area contributed by atoms with Crippen molar-refractivity contribution in [3.05, 3.63) is 0 Å². The van der Waals surface area contributed by atoms with Gasteiger partial charge in [-0.2, -0.15) is 0 Å². The second-order valence-electron chi connectivity index (χ2n) is 6.55. The second-order valence-corrected chi connectivity index (χ2v) is 6.55. The highest BCUT2D eigenvalue weighted by atomic mass is 15.3. The molecule has 4 aliphatic heterocycles. The Labute approximate surface area is 106 Å². The quantitative estimate of drug-likeness (QED) is 0.728. The average Bonchev–Trinajstić information content (AvgIpc) is 2.71. The molecule has 1 atom stereocenters.